The zero-order chi connectivity index (χ0) is 18.9. The molecule has 1 rings (SSSR count). The van der Waals surface area contributed by atoms with Crippen LogP contribution in [0.4, 0.5) is 0 Å². The van der Waals surface area contributed by atoms with Crippen LogP contribution in [-0.2, 0) is 0 Å². The molecular formula is C23H48N2. The average molecular weight is 353 g/mol. The third kappa shape index (κ3) is 10.6. The molecule has 0 spiro atoms. The highest BCUT2D eigenvalue weighted by Crippen LogP contribution is 2.27. The third-order valence-electron chi connectivity index (χ3n) is 6.14. The molecule has 1 aliphatic rings. The van der Waals surface area contributed by atoms with E-state index in [1.54, 1.807) is 0 Å². The Morgan fingerprint density at radius 3 is 1.60 bits per heavy atom. The van der Waals surface area contributed by atoms with Crippen LogP contribution in [0.2, 0.25) is 0 Å². The molecule has 150 valence electrons. The van der Waals surface area contributed by atoms with Crippen molar-refractivity contribution >= 4 is 0 Å². The number of nitrogens with zero attached hydrogens (tertiary/aromatic N) is 2. The normalized spacial score (nSPS) is 22.3. The summed E-state index contributed by atoms with van der Waals surface area (Å²) in [7, 11) is 4.72. The van der Waals surface area contributed by atoms with Crippen LogP contribution < -0.4 is 0 Å². The molecule has 0 atom stereocenters. The minimum Gasteiger partial charge on any atom is -0.303 e. The topological polar surface area (TPSA) is 6.48 Å². The molecule has 0 radical (unpaired) electrons. The molecule has 1 aliphatic carbocycles. The SMILES string of the molecule is CC(C)CCCCN(C)[C@H]1CC[C@H](N(C)CCCCC(C)(C)C)CC1. The van der Waals surface area contributed by atoms with E-state index in [0.717, 1.165) is 18.0 Å². The summed E-state index contributed by atoms with van der Waals surface area (Å²) in [6.07, 6.45) is 13.9. The maximum Gasteiger partial charge on any atom is 0.00933 e. The van der Waals surface area contributed by atoms with Crippen molar-refractivity contribution in [3.05, 3.63) is 0 Å². The summed E-state index contributed by atoms with van der Waals surface area (Å²) in [6, 6.07) is 1.67. The van der Waals surface area contributed by atoms with Crippen LogP contribution in [0, 0.1) is 11.3 Å². The molecule has 0 aromatic heterocycles. The number of rotatable bonds is 11. The Morgan fingerprint density at radius 1 is 0.760 bits per heavy atom. The Morgan fingerprint density at radius 2 is 1.20 bits per heavy atom. The van der Waals surface area contributed by atoms with Crippen molar-refractivity contribution in [2.75, 3.05) is 27.2 Å². The van der Waals surface area contributed by atoms with E-state index in [0.29, 0.717) is 5.41 Å². The van der Waals surface area contributed by atoms with E-state index in [1.165, 1.54) is 77.3 Å². The van der Waals surface area contributed by atoms with Crippen LogP contribution >= 0.6 is 0 Å². The first kappa shape index (κ1) is 23.0. The first-order chi connectivity index (χ1) is 11.7. The summed E-state index contributed by atoms with van der Waals surface area (Å²) in [5.41, 5.74) is 0.496. The number of hydrogen-bond acceptors (Lipinski definition) is 2. The highest BCUT2D eigenvalue weighted by atomic mass is 15.2. The monoisotopic (exact) mass is 352 g/mol. The second-order valence-corrected chi connectivity index (χ2v) is 10.3. The highest BCUT2D eigenvalue weighted by Gasteiger charge is 2.25. The van der Waals surface area contributed by atoms with E-state index in [-0.39, 0.29) is 0 Å². The molecule has 0 heterocycles. The van der Waals surface area contributed by atoms with Gasteiger partial charge < -0.3 is 9.80 Å². The lowest BCUT2D eigenvalue weighted by Gasteiger charge is -2.38. The molecule has 0 saturated heterocycles. The number of hydrogen-bond donors (Lipinski definition) is 0. The molecule has 25 heavy (non-hydrogen) atoms. The van der Waals surface area contributed by atoms with Gasteiger partial charge in [0.25, 0.3) is 0 Å². The van der Waals surface area contributed by atoms with E-state index in [4.69, 9.17) is 0 Å². The van der Waals surface area contributed by atoms with Crippen molar-refractivity contribution in [2.45, 2.75) is 111 Å². The Bertz CT molecular complexity index is 323. The quantitative estimate of drug-likeness (QED) is 0.408. The van der Waals surface area contributed by atoms with Crippen molar-refractivity contribution < 1.29 is 0 Å². The first-order valence-electron chi connectivity index (χ1n) is 11.1. The molecule has 0 aliphatic heterocycles. The first-order valence-corrected chi connectivity index (χ1v) is 11.1. The van der Waals surface area contributed by atoms with Crippen LogP contribution in [0.3, 0.4) is 0 Å². The van der Waals surface area contributed by atoms with Crippen molar-refractivity contribution in [1.82, 2.24) is 9.80 Å². The largest absolute Gasteiger partial charge is 0.303 e. The maximum atomic E-state index is 2.65. The van der Waals surface area contributed by atoms with Gasteiger partial charge >= 0.3 is 0 Å². The van der Waals surface area contributed by atoms with Gasteiger partial charge in [0.2, 0.25) is 0 Å². The van der Waals surface area contributed by atoms with Crippen molar-refractivity contribution in [1.29, 1.82) is 0 Å². The van der Waals surface area contributed by atoms with Gasteiger partial charge in [-0.1, -0.05) is 53.9 Å². The predicted octanol–water partition coefficient (Wildman–Crippen LogP) is 6.20. The third-order valence-corrected chi connectivity index (χ3v) is 6.14. The van der Waals surface area contributed by atoms with Crippen LogP contribution in [0.25, 0.3) is 0 Å². The van der Waals surface area contributed by atoms with Crippen LogP contribution in [-0.4, -0.2) is 49.1 Å². The van der Waals surface area contributed by atoms with E-state index in [9.17, 15) is 0 Å². The fourth-order valence-electron chi connectivity index (χ4n) is 4.24. The Labute approximate surface area is 159 Å². The summed E-state index contributed by atoms with van der Waals surface area (Å²) in [5.74, 6) is 0.861. The Hall–Kier alpha value is -0.0800. The van der Waals surface area contributed by atoms with Crippen molar-refractivity contribution in [3.63, 3.8) is 0 Å². The van der Waals surface area contributed by atoms with Gasteiger partial charge in [-0.05, 0) is 83.5 Å². The molecule has 1 saturated carbocycles. The van der Waals surface area contributed by atoms with Gasteiger partial charge in [-0.15, -0.1) is 0 Å². The highest BCUT2D eigenvalue weighted by molar-refractivity contribution is 4.82. The van der Waals surface area contributed by atoms with Crippen molar-refractivity contribution in [3.8, 4) is 0 Å². The molecule has 2 nitrogen and oxygen atoms in total. The molecule has 0 unspecified atom stereocenters. The lowest BCUT2D eigenvalue weighted by atomic mass is 9.88. The van der Waals surface area contributed by atoms with E-state index in [1.807, 2.05) is 0 Å². The van der Waals surface area contributed by atoms with E-state index in [2.05, 4.69) is 58.5 Å². The standard InChI is InChI=1S/C23H48N2/c1-20(2)12-8-10-18-24(6)21-13-15-22(16-14-21)25(7)19-11-9-17-23(3,4)5/h20-22H,8-19H2,1-7H3/t21-,22-. The molecule has 2 heteroatoms. The minimum atomic E-state index is 0.496. The Balaban J connectivity index is 2.15. The van der Waals surface area contributed by atoms with Crippen LogP contribution in [0.15, 0.2) is 0 Å². The second kappa shape index (κ2) is 11.6. The van der Waals surface area contributed by atoms with Gasteiger partial charge in [-0.25, -0.2) is 0 Å². The Kier molecular flexibility index (Phi) is 10.6. The number of unbranched alkanes of at least 4 members (excludes halogenated alkanes) is 2. The minimum absolute atomic E-state index is 0.496. The molecule has 0 amide bonds. The summed E-state index contributed by atoms with van der Waals surface area (Å²) in [4.78, 5) is 5.31. The van der Waals surface area contributed by atoms with Crippen LogP contribution in [0.1, 0.15) is 98.8 Å². The average Bonchev–Trinajstić information content (AvgIpc) is 2.54. The fraction of sp³-hybridized carbons (Fsp3) is 1.00. The summed E-state index contributed by atoms with van der Waals surface area (Å²) in [5, 5.41) is 0. The van der Waals surface area contributed by atoms with Gasteiger partial charge in [0.05, 0.1) is 0 Å². The molecular weight excluding hydrogens is 304 g/mol. The predicted molar refractivity (Wildman–Crippen MR) is 113 cm³/mol. The van der Waals surface area contributed by atoms with E-state index >= 15 is 0 Å². The van der Waals surface area contributed by atoms with Crippen molar-refractivity contribution in [2.24, 2.45) is 11.3 Å². The van der Waals surface area contributed by atoms with Gasteiger partial charge in [0.15, 0.2) is 0 Å². The fourth-order valence-corrected chi connectivity index (χ4v) is 4.24. The molecule has 1 fully saturated rings. The zero-order valence-corrected chi connectivity index (χ0v) is 18.6. The smallest absolute Gasteiger partial charge is 0.00933 e. The van der Waals surface area contributed by atoms with Gasteiger partial charge in [0, 0.05) is 12.1 Å². The van der Waals surface area contributed by atoms with Crippen LogP contribution in [0.5, 0.6) is 0 Å². The lowest BCUT2D eigenvalue weighted by Crippen LogP contribution is -2.42. The van der Waals surface area contributed by atoms with Gasteiger partial charge in [-0.3, -0.25) is 0 Å². The summed E-state index contributed by atoms with van der Waals surface area (Å²) in [6.45, 7) is 14.3. The molecule has 0 aromatic carbocycles. The summed E-state index contributed by atoms with van der Waals surface area (Å²) < 4.78 is 0. The zero-order valence-electron chi connectivity index (χ0n) is 18.6. The molecule has 0 aromatic rings. The maximum absolute atomic E-state index is 2.65. The summed E-state index contributed by atoms with van der Waals surface area (Å²) >= 11 is 0. The molecule has 0 bridgehead atoms. The van der Waals surface area contributed by atoms with Gasteiger partial charge in [-0.2, -0.15) is 0 Å². The molecule has 0 N–H and O–H groups in total. The second-order valence-electron chi connectivity index (χ2n) is 10.3. The lowest BCUT2D eigenvalue weighted by molar-refractivity contribution is 0.121. The van der Waals surface area contributed by atoms with Gasteiger partial charge in [0.1, 0.15) is 0 Å². The van der Waals surface area contributed by atoms with E-state index < -0.39 is 0 Å².